The van der Waals surface area contributed by atoms with Gasteiger partial charge in [0.1, 0.15) is 5.00 Å². The van der Waals surface area contributed by atoms with Gasteiger partial charge in [-0.3, -0.25) is 0 Å². The second-order valence-corrected chi connectivity index (χ2v) is 8.01. The topological polar surface area (TPSA) is 69.7 Å². The van der Waals surface area contributed by atoms with Gasteiger partial charge in [-0.15, -0.1) is 11.3 Å². The number of hydrogen-bond donors (Lipinski definition) is 1. The van der Waals surface area contributed by atoms with Crippen molar-refractivity contribution in [1.82, 2.24) is 4.98 Å². The Bertz CT molecular complexity index is 967. The smallest absolute Gasteiger partial charge is 0.341 e. The Hall–Kier alpha value is -2.32. The lowest BCUT2D eigenvalue weighted by Crippen LogP contribution is -2.05. The molecule has 3 aromatic rings. The Kier molecular flexibility index (Phi) is 3.36. The summed E-state index contributed by atoms with van der Waals surface area (Å²) in [5.41, 5.74) is 2.63. The fourth-order valence-electron chi connectivity index (χ4n) is 3.28. The highest BCUT2D eigenvalue weighted by Crippen LogP contribution is 2.43. The van der Waals surface area contributed by atoms with E-state index in [1.807, 2.05) is 12.1 Å². The zero-order chi connectivity index (χ0) is 17.0. The van der Waals surface area contributed by atoms with Gasteiger partial charge in [0.05, 0.1) is 22.9 Å². The first kappa shape index (κ1) is 15.0. The van der Waals surface area contributed by atoms with Crippen LogP contribution < -0.4 is 14.8 Å². The standard InChI is InChI=1S/C17H14N2O4S2/c1-21-16(20)14-8-3-2-4-12(8)24-15(14)19-17-18-9-5-10-11(23-7-22-10)6-13(9)25-17/h5-6H,2-4,7H2,1H3,(H,18,19). The number of thiazole rings is 1. The molecular formula is C17H14N2O4S2. The summed E-state index contributed by atoms with van der Waals surface area (Å²) in [5.74, 6) is 1.17. The SMILES string of the molecule is COC(=O)c1c(Nc2nc3cc4c(cc3s2)OCO4)sc2c1CCC2. The summed E-state index contributed by atoms with van der Waals surface area (Å²) in [4.78, 5) is 18.1. The van der Waals surface area contributed by atoms with E-state index in [-0.39, 0.29) is 12.8 Å². The van der Waals surface area contributed by atoms with E-state index >= 15 is 0 Å². The maximum atomic E-state index is 12.2. The minimum atomic E-state index is -0.288. The van der Waals surface area contributed by atoms with Crippen LogP contribution in [-0.4, -0.2) is 24.9 Å². The number of aromatic nitrogens is 1. The third-order valence-corrected chi connectivity index (χ3v) is 6.55. The van der Waals surface area contributed by atoms with Crippen LogP contribution in [0.4, 0.5) is 10.1 Å². The minimum absolute atomic E-state index is 0.251. The van der Waals surface area contributed by atoms with Crippen LogP contribution >= 0.6 is 22.7 Å². The number of anilines is 2. The number of thiophene rings is 1. The van der Waals surface area contributed by atoms with Gasteiger partial charge in [0.25, 0.3) is 0 Å². The molecule has 2 aromatic heterocycles. The van der Waals surface area contributed by atoms with Crippen LogP contribution in [0.5, 0.6) is 11.5 Å². The molecule has 1 aliphatic carbocycles. The number of benzene rings is 1. The highest BCUT2D eigenvalue weighted by molar-refractivity contribution is 7.23. The van der Waals surface area contributed by atoms with Crippen molar-refractivity contribution in [2.45, 2.75) is 19.3 Å². The van der Waals surface area contributed by atoms with Crippen molar-refractivity contribution < 1.29 is 19.0 Å². The average molecular weight is 374 g/mol. The molecule has 0 amide bonds. The Morgan fingerprint density at radius 1 is 1.24 bits per heavy atom. The van der Waals surface area contributed by atoms with Gasteiger partial charge in [-0.1, -0.05) is 11.3 Å². The summed E-state index contributed by atoms with van der Waals surface area (Å²) in [5, 5.41) is 4.88. The highest BCUT2D eigenvalue weighted by atomic mass is 32.1. The Labute approximate surface area is 151 Å². The van der Waals surface area contributed by atoms with E-state index < -0.39 is 0 Å². The van der Waals surface area contributed by atoms with Crippen molar-refractivity contribution in [3.05, 3.63) is 28.1 Å². The fraction of sp³-hybridized carbons (Fsp3) is 0.294. The molecule has 6 nitrogen and oxygen atoms in total. The van der Waals surface area contributed by atoms with Gasteiger partial charge in [0, 0.05) is 17.0 Å². The minimum Gasteiger partial charge on any atom is -0.465 e. The molecule has 1 aromatic carbocycles. The molecule has 3 heterocycles. The Morgan fingerprint density at radius 3 is 2.92 bits per heavy atom. The summed E-state index contributed by atoms with van der Waals surface area (Å²) in [6.45, 7) is 0.251. The second-order valence-electron chi connectivity index (χ2n) is 5.87. The maximum absolute atomic E-state index is 12.2. The number of hydrogen-bond acceptors (Lipinski definition) is 8. The zero-order valence-corrected chi connectivity index (χ0v) is 15.0. The third kappa shape index (κ3) is 2.36. The van der Waals surface area contributed by atoms with E-state index in [1.54, 1.807) is 11.3 Å². The number of nitrogens with one attached hydrogen (secondary N) is 1. The molecule has 2 aliphatic rings. The summed E-state index contributed by atoms with van der Waals surface area (Å²) < 4.78 is 16.8. The number of aryl methyl sites for hydroxylation is 1. The van der Waals surface area contributed by atoms with Crippen LogP contribution in [0.2, 0.25) is 0 Å². The predicted molar refractivity (Wildman–Crippen MR) is 96.7 cm³/mol. The van der Waals surface area contributed by atoms with E-state index in [1.165, 1.54) is 23.3 Å². The van der Waals surface area contributed by atoms with Gasteiger partial charge in [-0.25, -0.2) is 9.78 Å². The van der Waals surface area contributed by atoms with Gasteiger partial charge < -0.3 is 19.5 Å². The number of carbonyl (C=O) groups is 1. The maximum Gasteiger partial charge on any atom is 0.341 e. The van der Waals surface area contributed by atoms with Gasteiger partial charge in [-0.05, 0) is 24.8 Å². The van der Waals surface area contributed by atoms with Crippen LogP contribution in [0.15, 0.2) is 12.1 Å². The van der Waals surface area contributed by atoms with Crippen molar-refractivity contribution in [2.75, 3.05) is 19.2 Å². The molecule has 0 atom stereocenters. The number of ether oxygens (including phenoxy) is 3. The van der Waals surface area contributed by atoms with Crippen LogP contribution in [0.25, 0.3) is 10.2 Å². The van der Waals surface area contributed by atoms with E-state index in [4.69, 9.17) is 14.2 Å². The van der Waals surface area contributed by atoms with Crippen molar-refractivity contribution in [2.24, 2.45) is 0 Å². The summed E-state index contributed by atoms with van der Waals surface area (Å²) in [6.07, 6.45) is 3.05. The lowest BCUT2D eigenvalue weighted by Gasteiger charge is -2.05. The predicted octanol–water partition coefficient (Wildman–Crippen LogP) is 4.11. The summed E-state index contributed by atoms with van der Waals surface area (Å²) in [6, 6.07) is 3.82. The molecule has 0 bridgehead atoms. The Balaban J connectivity index is 1.53. The van der Waals surface area contributed by atoms with Crippen molar-refractivity contribution in [3.63, 3.8) is 0 Å². The van der Waals surface area contributed by atoms with Crippen LogP contribution in [0.3, 0.4) is 0 Å². The van der Waals surface area contributed by atoms with E-state index in [9.17, 15) is 4.79 Å². The number of methoxy groups -OCH3 is 1. The lowest BCUT2D eigenvalue weighted by atomic mass is 10.1. The van der Waals surface area contributed by atoms with Crippen LogP contribution in [-0.2, 0) is 17.6 Å². The lowest BCUT2D eigenvalue weighted by molar-refractivity contribution is 0.0601. The van der Waals surface area contributed by atoms with Gasteiger partial charge in [-0.2, -0.15) is 0 Å². The molecular weight excluding hydrogens is 360 g/mol. The largest absolute Gasteiger partial charge is 0.465 e. The fourth-order valence-corrected chi connectivity index (χ4v) is 5.50. The van der Waals surface area contributed by atoms with E-state index in [0.29, 0.717) is 5.56 Å². The monoisotopic (exact) mass is 374 g/mol. The number of rotatable bonds is 3. The Morgan fingerprint density at radius 2 is 2.08 bits per heavy atom. The molecule has 8 heteroatoms. The van der Waals surface area contributed by atoms with Crippen molar-refractivity contribution in [1.29, 1.82) is 0 Å². The van der Waals surface area contributed by atoms with Crippen LogP contribution in [0, 0.1) is 0 Å². The van der Waals surface area contributed by atoms with Crippen molar-refractivity contribution in [3.8, 4) is 11.5 Å². The molecule has 0 radical (unpaired) electrons. The zero-order valence-electron chi connectivity index (χ0n) is 13.4. The molecule has 5 rings (SSSR count). The third-order valence-electron chi connectivity index (χ3n) is 4.41. The second kappa shape index (κ2) is 5.60. The molecule has 0 unspecified atom stereocenters. The number of fused-ring (bicyclic) bond motifs is 3. The van der Waals surface area contributed by atoms with Crippen LogP contribution in [0.1, 0.15) is 27.2 Å². The molecule has 25 heavy (non-hydrogen) atoms. The molecule has 0 spiro atoms. The molecule has 128 valence electrons. The summed E-state index contributed by atoms with van der Waals surface area (Å²) >= 11 is 3.15. The number of esters is 1. The van der Waals surface area contributed by atoms with Gasteiger partial charge in [0.15, 0.2) is 16.6 Å². The molecule has 0 fully saturated rings. The van der Waals surface area contributed by atoms with Crippen molar-refractivity contribution >= 4 is 49.0 Å². The number of carbonyl (C=O) groups excluding carboxylic acids is 1. The first-order chi connectivity index (χ1) is 12.2. The normalized spacial score (nSPS) is 14.8. The van der Waals surface area contributed by atoms with E-state index in [2.05, 4.69) is 10.3 Å². The molecule has 0 saturated carbocycles. The quantitative estimate of drug-likeness (QED) is 0.696. The summed E-state index contributed by atoms with van der Waals surface area (Å²) in [7, 11) is 1.42. The van der Waals surface area contributed by atoms with E-state index in [0.717, 1.165) is 56.7 Å². The molecule has 0 saturated heterocycles. The molecule has 1 aliphatic heterocycles. The number of nitrogens with zero attached hydrogens (tertiary/aromatic N) is 1. The first-order valence-corrected chi connectivity index (χ1v) is 9.56. The van der Waals surface area contributed by atoms with Gasteiger partial charge >= 0.3 is 5.97 Å². The average Bonchev–Trinajstić information content (AvgIpc) is 3.34. The first-order valence-electron chi connectivity index (χ1n) is 7.93. The van der Waals surface area contributed by atoms with Gasteiger partial charge in [0.2, 0.25) is 6.79 Å². The highest BCUT2D eigenvalue weighted by Gasteiger charge is 2.28. The molecule has 1 N–H and O–H groups in total.